The summed E-state index contributed by atoms with van der Waals surface area (Å²) in [5.41, 5.74) is 13.9. The van der Waals surface area contributed by atoms with Crippen molar-refractivity contribution in [3.05, 3.63) is 171 Å². The molecule has 2 fully saturated rings. The van der Waals surface area contributed by atoms with Gasteiger partial charge < -0.3 is 53.3 Å². The Bertz CT molecular complexity index is 4990. The van der Waals surface area contributed by atoms with Crippen LogP contribution in [0, 0.1) is 23.1 Å². The lowest BCUT2D eigenvalue weighted by Gasteiger charge is -2.30. The number of nitriles is 1. The van der Waals surface area contributed by atoms with E-state index in [1.54, 1.807) is 103 Å². The van der Waals surface area contributed by atoms with Crippen molar-refractivity contribution in [2.24, 2.45) is 27.1 Å². The quantitative estimate of drug-likeness (QED) is 0.0569. The molecule has 14 rings (SSSR count). The van der Waals surface area contributed by atoms with E-state index in [0.717, 1.165) is 149 Å². The van der Waals surface area contributed by atoms with Crippen molar-refractivity contribution in [3.8, 4) is 68.6 Å². The summed E-state index contributed by atoms with van der Waals surface area (Å²) in [7, 11) is 9.43. The van der Waals surface area contributed by atoms with E-state index in [1.807, 2.05) is 105 Å². The Morgan fingerprint density at radius 1 is 0.528 bits per heavy atom. The number of halogens is 1. The number of anilines is 6. The van der Waals surface area contributed by atoms with Gasteiger partial charge in [-0.2, -0.15) is 20.6 Å². The molecule has 8 heterocycles. The summed E-state index contributed by atoms with van der Waals surface area (Å²) >= 11 is 0. The molecule has 572 valence electrons. The lowest BCUT2D eigenvalue weighted by molar-refractivity contribution is 0.0377. The molecule has 6 aromatic heterocycles. The number of β-amino-alcohol motifs (C(OH)–C–C–N with tert-alkyl or cyclic N) is 1. The summed E-state index contributed by atoms with van der Waals surface area (Å²) in [6, 6.07) is 35.0. The molecule has 0 spiro atoms. The van der Waals surface area contributed by atoms with Gasteiger partial charge in [0.15, 0.2) is 0 Å². The molecule has 108 heavy (non-hydrogen) atoms. The van der Waals surface area contributed by atoms with Gasteiger partial charge >= 0.3 is 0 Å². The Kier molecular flexibility index (Phi) is 28.8. The van der Waals surface area contributed by atoms with Gasteiger partial charge in [-0.1, -0.05) is 37.1 Å². The molecule has 0 unspecified atom stereocenters. The topological polar surface area (TPSA) is 267 Å². The van der Waals surface area contributed by atoms with Crippen LogP contribution in [0.4, 0.5) is 38.5 Å². The van der Waals surface area contributed by atoms with Crippen molar-refractivity contribution in [2.45, 2.75) is 56.1 Å². The van der Waals surface area contributed by atoms with Gasteiger partial charge in [0.1, 0.15) is 34.6 Å². The molecular weight excluding hydrogens is 1370 g/mol. The van der Waals surface area contributed by atoms with Crippen molar-refractivity contribution in [1.82, 2.24) is 69.0 Å². The number of benzene rings is 6. The third-order valence-corrected chi connectivity index (χ3v) is 17.7. The molecular formula is C81H103FN18O8. The van der Waals surface area contributed by atoms with Crippen LogP contribution < -0.4 is 38.4 Å². The van der Waals surface area contributed by atoms with Crippen LogP contribution in [0.1, 0.15) is 54.1 Å². The molecule has 2 aliphatic heterocycles. The number of methoxy groups -OCH3 is 5. The fourth-order valence-electron chi connectivity index (χ4n) is 12.5. The number of aliphatic hydroxyl groups excluding tert-OH is 2. The number of morpholine rings is 1. The van der Waals surface area contributed by atoms with Crippen molar-refractivity contribution in [1.29, 1.82) is 5.26 Å². The van der Waals surface area contributed by atoms with Crippen molar-refractivity contribution in [2.75, 3.05) is 129 Å². The minimum atomic E-state index is -2.71. The summed E-state index contributed by atoms with van der Waals surface area (Å²) in [5.74, 6) is 2.02. The second-order valence-electron chi connectivity index (χ2n) is 24.9. The van der Waals surface area contributed by atoms with Crippen molar-refractivity contribution in [3.63, 3.8) is 0 Å². The Morgan fingerprint density at radius 3 is 1.34 bits per heavy atom. The number of aryl methyl sites for hydroxylation is 3. The van der Waals surface area contributed by atoms with Crippen LogP contribution in [0.5, 0.6) is 28.7 Å². The second-order valence-corrected chi connectivity index (χ2v) is 24.9. The highest BCUT2D eigenvalue weighted by Crippen LogP contribution is 2.38. The number of aliphatic hydroxyl groups is 2. The fourth-order valence-corrected chi connectivity index (χ4v) is 12.5. The third-order valence-electron chi connectivity index (χ3n) is 17.7. The second kappa shape index (κ2) is 39.3. The number of likely N-dealkylation sites (tertiary alicyclic amines) is 1. The minimum absolute atomic E-state index is 0. The van der Waals surface area contributed by atoms with E-state index in [0.29, 0.717) is 59.2 Å². The number of hydrogen-bond acceptors (Lipinski definition) is 23. The highest BCUT2D eigenvalue weighted by molar-refractivity contribution is 5.85. The molecule has 0 saturated carbocycles. The molecule has 6 aromatic carbocycles. The smallest absolute Gasteiger partial charge is 0.128 e. The van der Waals surface area contributed by atoms with Crippen LogP contribution in [0.2, 0.25) is 0 Å². The molecule has 0 amide bonds. The van der Waals surface area contributed by atoms with Gasteiger partial charge in [-0.05, 0) is 80.1 Å². The van der Waals surface area contributed by atoms with Gasteiger partial charge in [0.25, 0.3) is 0 Å². The number of fused-ring (bicyclic) bond motifs is 3. The lowest BCUT2D eigenvalue weighted by atomic mass is 10.1. The molecule has 0 bridgehead atoms. The third kappa shape index (κ3) is 20.8. The van der Waals surface area contributed by atoms with E-state index in [9.17, 15) is 19.9 Å². The van der Waals surface area contributed by atoms with Gasteiger partial charge in [-0.15, -0.1) is 0 Å². The van der Waals surface area contributed by atoms with E-state index in [-0.39, 0.29) is 62.0 Å². The first-order chi connectivity index (χ1) is 51.3. The molecule has 2 N–H and O–H groups in total. The largest absolute Gasteiger partial charge is 0.497 e. The van der Waals surface area contributed by atoms with Crippen LogP contribution in [0.25, 0.3) is 66.9 Å². The highest BCUT2D eigenvalue weighted by atomic mass is 19.1. The Labute approximate surface area is 637 Å². The first-order valence-electron chi connectivity index (χ1n) is 35.1. The highest BCUT2D eigenvalue weighted by Gasteiger charge is 2.27. The van der Waals surface area contributed by atoms with Crippen LogP contribution in [0.15, 0.2) is 165 Å². The molecule has 27 heteroatoms. The monoisotopic (exact) mass is 1480 g/mol. The van der Waals surface area contributed by atoms with Crippen LogP contribution >= 0.6 is 0 Å². The molecule has 2 saturated heterocycles. The molecule has 0 radical (unpaired) electrons. The maximum Gasteiger partial charge on any atom is 0.128 e. The summed E-state index contributed by atoms with van der Waals surface area (Å²) in [5, 5.41) is 42.7. The van der Waals surface area contributed by atoms with Crippen LogP contribution in [-0.2, 0) is 25.9 Å². The molecule has 2 aliphatic rings. The Balaban J connectivity index is 0.000000227. The standard InChI is InChI=1S/C28H31N7O3.C27H32N6O3.C21H20FN5O2.5CH4/c1-33-16-20(13-31-33)28-14-30-26-5-4-21(10-27(26)32-28)35(22-8-24(37-2)11-25(9-22)38-3)18-23(36)17-34-7-6-19(12-29)15-34;1-31-19-20(17-29-31)27-18-28-25-6-5-21(15-26(25)30-27)33(8-4-7-32-9-11-36-12-10-32)22-13-23(34-2)16-24(14-22)35-3;1-26-13-14(11-24-26)21-12-23-19-4-3-16(10-20(19)25-21)27(5-6-28)17-7-15(22)8-18(9-17)29-2;;;;;/h4-5,8-11,13-14,16,19,23,36H,6-7,15,17-18H2,1-3H3;5-6,13-19H,4,7-12H2,1-3H3;3-4,7-13,28H,5-6H2,1-2H3;5*1H4/t19-,23+;;;;;;;/m1......./s1/i;;2D3;;;;;. The number of rotatable bonds is 24. The van der Waals surface area contributed by atoms with Gasteiger partial charge in [-0.25, -0.2) is 19.3 Å². The van der Waals surface area contributed by atoms with E-state index in [1.165, 1.54) is 12.1 Å². The average Bonchev–Trinajstić information content (AvgIpc) is 1.58. The molecule has 2 atom stereocenters. The first-order valence-corrected chi connectivity index (χ1v) is 33.6. The number of ether oxygens (including phenoxy) is 6. The summed E-state index contributed by atoms with van der Waals surface area (Å²) in [4.78, 5) is 38.7. The van der Waals surface area contributed by atoms with Crippen molar-refractivity contribution >= 4 is 67.2 Å². The number of nitrogens with zero attached hydrogens (tertiary/aromatic N) is 18. The van der Waals surface area contributed by atoms with Gasteiger partial charge in [0.2, 0.25) is 0 Å². The minimum Gasteiger partial charge on any atom is -0.497 e. The normalized spacial score (nSPS) is 14.0. The predicted molar refractivity (Wildman–Crippen MR) is 427 cm³/mol. The molecule has 0 aliphatic carbocycles. The lowest BCUT2D eigenvalue weighted by Crippen LogP contribution is -2.38. The van der Waals surface area contributed by atoms with E-state index < -0.39 is 19.0 Å². The van der Waals surface area contributed by atoms with Crippen LogP contribution in [0.3, 0.4) is 0 Å². The van der Waals surface area contributed by atoms with Crippen molar-refractivity contribution < 1.29 is 47.1 Å². The summed E-state index contributed by atoms with van der Waals surface area (Å²) < 4.78 is 73.7. The Hall–Kier alpha value is -11.4. The number of aromatic nitrogens is 12. The first kappa shape index (κ1) is 79.2. The average molecular weight is 1480 g/mol. The zero-order valence-electron chi connectivity index (χ0n) is 61.4. The zero-order chi connectivity index (χ0) is 74.4. The maximum atomic E-state index is 14.2. The number of hydrogen-bond donors (Lipinski definition) is 2. The predicted octanol–water partition coefficient (Wildman–Crippen LogP) is 13.8. The van der Waals surface area contributed by atoms with E-state index in [2.05, 4.69) is 68.1 Å². The van der Waals surface area contributed by atoms with Crippen LogP contribution in [-0.4, -0.2) is 200 Å². The molecule has 12 aromatic rings. The van der Waals surface area contributed by atoms with E-state index in [4.69, 9.17) is 42.5 Å². The maximum absolute atomic E-state index is 14.2. The molecule has 26 nitrogen and oxygen atoms in total. The summed E-state index contributed by atoms with van der Waals surface area (Å²) in [6.07, 6.45) is 17.3. The van der Waals surface area contributed by atoms with Gasteiger partial charge in [0.05, 0.1) is 171 Å². The zero-order valence-corrected chi connectivity index (χ0v) is 58.4. The van der Waals surface area contributed by atoms with E-state index >= 15 is 0 Å². The fraction of sp³-hybridized carbons (Fsp3) is 0.358. The SMILES string of the molecule is C.C.C.C.C.COc1cc(OC)cc(N(CCCN2CCOCC2)c2ccc3ncc(-c4cnn(C)c4)nc3c2)c1.COc1cc(OC)cc(N(C[C@@H](O)CN2CC[C@H](C#N)C2)c2ccc3ncc(-c4cnn(C)c4)nc3c2)c1.[2H]C([2H])([2H])Oc1cc(F)cc(N(CCO)c2ccc3ncc(-c4cnn(C)c4)nc3c2)c1. The van der Waals surface area contributed by atoms with Gasteiger partial charge in [-0.3, -0.25) is 38.8 Å². The van der Waals surface area contributed by atoms with Gasteiger partial charge in [0, 0.05) is 185 Å². The summed E-state index contributed by atoms with van der Waals surface area (Å²) in [6.45, 7) is 7.63. The Morgan fingerprint density at radius 2 is 0.944 bits per heavy atom.